The summed E-state index contributed by atoms with van der Waals surface area (Å²) in [5.41, 5.74) is 2.95. The second-order valence-electron chi connectivity index (χ2n) is 7.45. The first-order chi connectivity index (χ1) is 14.7. The molecule has 1 fully saturated rings. The number of carbonyl (C=O) groups is 1. The number of aromatic nitrogens is 2. The molecular formula is C23H20N6O. The maximum Gasteiger partial charge on any atom is 0.329 e. The summed E-state index contributed by atoms with van der Waals surface area (Å²) < 4.78 is 0. The predicted molar refractivity (Wildman–Crippen MR) is 115 cm³/mol. The lowest BCUT2D eigenvalue weighted by Gasteiger charge is -2.45. The molecule has 1 saturated heterocycles. The van der Waals surface area contributed by atoms with Crippen LogP contribution in [0.3, 0.4) is 0 Å². The molecular weight excluding hydrogens is 376 g/mol. The van der Waals surface area contributed by atoms with E-state index in [1.807, 2.05) is 42.5 Å². The van der Waals surface area contributed by atoms with Crippen molar-refractivity contribution in [2.45, 2.75) is 18.9 Å². The van der Waals surface area contributed by atoms with Gasteiger partial charge in [-0.2, -0.15) is 5.26 Å². The van der Waals surface area contributed by atoms with E-state index in [1.165, 1.54) is 0 Å². The standard InChI is InChI=1S/C23H20N6O/c24-14-16-6-1-2-8-18(16)19-10-11-20-22(26-19)29(17-7-5-13-28(20)15-17)23(30)27-21-9-3-4-12-25-21/h1-4,6,8-12,17H,5,7,13,15H2,(H,25,27,30)/t17-/m0/s1. The highest BCUT2D eigenvalue weighted by molar-refractivity contribution is 6.04. The lowest BCUT2D eigenvalue weighted by atomic mass is 9.99. The molecule has 2 aromatic heterocycles. The van der Waals surface area contributed by atoms with Gasteiger partial charge in [0.1, 0.15) is 5.82 Å². The van der Waals surface area contributed by atoms with Gasteiger partial charge in [0, 0.05) is 24.8 Å². The number of pyridine rings is 2. The number of hydrogen-bond acceptors (Lipinski definition) is 5. The molecule has 4 heterocycles. The van der Waals surface area contributed by atoms with Crippen LogP contribution >= 0.6 is 0 Å². The number of rotatable bonds is 2. The van der Waals surface area contributed by atoms with Crippen molar-refractivity contribution in [2.75, 3.05) is 28.2 Å². The summed E-state index contributed by atoms with van der Waals surface area (Å²) in [6.45, 7) is 1.74. The van der Waals surface area contributed by atoms with Crippen LogP contribution in [0.2, 0.25) is 0 Å². The molecule has 0 unspecified atom stereocenters. The highest BCUT2D eigenvalue weighted by atomic mass is 16.2. The summed E-state index contributed by atoms with van der Waals surface area (Å²) in [6, 6.07) is 18.8. The van der Waals surface area contributed by atoms with E-state index in [0.29, 0.717) is 22.9 Å². The summed E-state index contributed by atoms with van der Waals surface area (Å²) >= 11 is 0. The molecule has 1 N–H and O–H groups in total. The molecule has 0 spiro atoms. The fraction of sp³-hybridized carbons (Fsp3) is 0.217. The Labute approximate surface area is 174 Å². The van der Waals surface area contributed by atoms with Crippen molar-refractivity contribution in [3.63, 3.8) is 0 Å². The van der Waals surface area contributed by atoms with Crippen molar-refractivity contribution >= 4 is 23.4 Å². The average molecular weight is 396 g/mol. The summed E-state index contributed by atoms with van der Waals surface area (Å²) in [6.07, 6.45) is 3.60. The molecule has 1 atom stereocenters. The first-order valence-corrected chi connectivity index (χ1v) is 10.0. The smallest absolute Gasteiger partial charge is 0.329 e. The average Bonchev–Trinajstić information content (AvgIpc) is 2.79. The molecule has 2 amide bonds. The summed E-state index contributed by atoms with van der Waals surface area (Å²) in [7, 11) is 0. The van der Waals surface area contributed by atoms with Gasteiger partial charge in [-0.1, -0.05) is 24.3 Å². The third kappa shape index (κ3) is 3.12. The fourth-order valence-electron chi connectivity index (χ4n) is 4.24. The van der Waals surface area contributed by atoms with E-state index in [4.69, 9.17) is 4.98 Å². The van der Waals surface area contributed by atoms with Crippen molar-refractivity contribution < 1.29 is 4.79 Å². The third-order valence-electron chi connectivity index (χ3n) is 5.63. The van der Waals surface area contributed by atoms with E-state index < -0.39 is 0 Å². The van der Waals surface area contributed by atoms with Crippen LogP contribution in [0.15, 0.2) is 60.8 Å². The number of amides is 2. The Morgan fingerprint density at radius 2 is 2.00 bits per heavy atom. The second-order valence-corrected chi connectivity index (χ2v) is 7.45. The minimum Gasteiger partial charge on any atom is -0.366 e. The molecule has 2 aliphatic heterocycles. The van der Waals surface area contributed by atoms with Crippen molar-refractivity contribution in [2.24, 2.45) is 0 Å². The van der Waals surface area contributed by atoms with Gasteiger partial charge in [-0.25, -0.2) is 14.8 Å². The molecule has 148 valence electrons. The topological polar surface area (TPSA) is 85.1 Å². The van der Waals surface area contributed by atoms with E-state index >= 15 is 0 Å². The first-order valence-electron chi connectivity index (χ1n) is 10.0. The molecule has 0 radical (unpaired) electrons. The second kappa shape index (κ2) is 7.48. The zero-order chi connectivity index (χ0) is 20.5. The van der Waals surface area contributed by atoms with Gasteiger partial charge in [0.05, 0.1) is 29.1 Å². The lowest BCUT2D eigenvalue weighted by molar-refractivity contribution is 0.252. The molecule has 7 heteroatoms. The largest absolute Gasteiger partial charge is 0.366 e. The van der Waals surface area contributed by atoms with E-state index in [2.05, 4.69) is 21.3 Å². The van der Waals surface area contributed by atoms with Crippen LogP contribution in [-0.4, -0.2) is 35.1 Å². The van der Waals surface area contributed by atoms with E-state index in [1.54, 1.807) is 23.2 Å². The number of carbonyl (C=O) groups excluding carboxylic acids is 1. The van der Waals surface area contributed by atoms with Gasteiger partial charge in [-0.05, 0) is 43.2 Å². The zero-order valence-corrected chi connectivity index (χ0v) is 16.3. The third-order valence-corrected chi connectivity index (χ3v) is 5.63. The van der Waals surface area contributed by atoms with Gasteiger partial charge in [0.2, 0.25) is 0 Å². The van der Waals surface area contributed by atoms with Gasteiger partial charge in [-0.3, -0.25) is 10.2 Å². The van der Waals surface area contributed by atoms with Gasteiger partial charge >= 0.3 is 6.03 Å². The summed E-state index contributed by atoms with van der Waals surface area (Å²) in [4.78, 5) is 26.4. The SMILES string of the molecule is N#Cc1ccccc1-c1ccc2c(n1)N(C(=O)Nc1ccccn1)[C@H]1CCCN2C1. The van der Waals surface area contributed by atoms with Gasteiger partial charge in [-0.15, -0.1) is 0 Å². The molecule has 7 nitrogen and oxygen atoms in total. The van der Waals surface area contributed by atoms with Crippen LogP contribution in [0, 0.1) is 11.3 Å². The van der Waals surface area contributed by atoms with Crippen LogP contribution in [0.5, 0.6) is 0 Å². The highest BCUT2D eigenvalue weighted by Gasteiger charge is 2.38. The Balaban J connectivity index is 1.58. The predicted octanol–water partition coefficient (Wildman–Crippen LogP) is 4.04. The minimum absolute atomic E-state index is 0.0453. The Bertz CT molecular complexity index is 1140. The Morgan fingerprint density at radius 3 is 2.83 bits per heavy atom. The molecule has 3 aromatic rings. The number of anilines is 3. The maximum atomic E-state index is 13.3. The maximum absolute atomic E-state index is 13.3. The van der Waals surface area contributed by atoms with Crippen LogP contribution in [0.25, 0.3) is 11.3 Å². The van der Waals surface area contributed by atoms with Crippen LogP contribution < -0.4 is 15.1 Å². The molecule has 2 aliphatic rings. The van der Waals surface area contributed by atoms with Crippen LogP contribution in [-0.2, 0) is 0 Å². The summed E-state index contributed by atoms with van der Waals surface area (Å²) in [5, 5.41) is 12.4. The van der Waals surface area contributed by atoms with Crippen LogP contribution in [0.1, 0.15) is 18.4 Å². The Hall–Kier alpha value is -3.92. The molecule has 30 heavy (non-hydrogen) atoms. The monoisotopic (exact) mass is 396 g/mol. The van der Waals surface area contributed by atoms with Crippen molar-refractivity contribution in [1.82, 2.24) is 9.97 Å². The molecule has 1 aromatic carbocycles. The van der Waals surface area contributed by atoms with Gasteiger partial charge in [0.15, 0.2) is 5.82 Å². The van der Waals surface area contributed by atoms with Crippen molar-refractivity contribution in [3.8, 4) is 17.3 Å². The number of nitriles is 1. The van der Waals surface area contributed by atoms with E-state index in [-0.39, 0.29) is 12.1 Å². The van der Waals surface area contributed by atoms with Gasteiger partial charge < -0.3 is 4.90 Å². The molecule has 5 rings (SSSR count). The highest BCUT2D eigenvalue weighted by Crippen LogP contribution is 2.39. The Morgan fingerprint density at radius 1 is 1.13 bits per heavy atom. The summed E-state index contributed by atoms with van der Waals surface area (Å²) in [5.74, 6) is 1.14. The molecule has 0 aliphatic carbocycles. The van der Waals surface area contributed by atoms with Crippen LogP contribution in [0.4, 0.5) is 22.1 Å². The quantitative estimate of drug-likeness (QED) is 0.707. The minimum atomic E-state index is -0.236. The molecule has 0 saturated carbocycles. The fourth-order valence-corrected chi connectivity index (χ4v) is 4.24. The zero-order valence-electron chi connectivity index (χ0n) is 16.3. The Kier molecular flexibility index (Phi) is 4.52. The molecule has 2 bridgehead atoms. The lowest BCUT2D eigenvalue weighted by Crippen LogP contribution is -2.56. The number of benzene rings is 1. The number of piperidine rings is 1. The van der Waals surface area contributed by atoms with Crippen molar-refractivity contribution in [1.29, 1.82) is 5.26 Å². The number of fused-ring (bicyclic) bond motifs is 4. The van der Waals surface area contributed by atoms with E-state index in [9.17, 15) is 10.1 Å². The number of hydrogen-bond donors (Lipinski definition) is 1. The van der Waals surface area contributed by atoms with Crippen molar-refractivity contribution in [3.05, 3.63) is 66.4 Å². The number of urea groups is 1. The number of nitrogens with zero attached hydrogens (tertiary/aromatic N) is 5. The van der Waals surface area contributed by atoms with E-state index in [0.717, 1.165) is 37.2 Å². The number of nitrogens with one attached hydrogen (secondary N) is 1. The van der Waals surface area contributed by atoms with Gasteiger partial charge in [0.25, 0.3) is 0 Å². The first kappa shape index (κ1) is 18.1. The normalized spacial score (nSPS) is 17.1.